The smallest absolute Gasteiger partial charge is 0.416 e. The van der Waals surface area contributed by atoms with Crippen LogP contribution in [0, 0.1) is 11.6 Å². The first-order valence-corrected chi connectivity index (χ1v) is 14.4. The number of morpholine rings is 1. The van der Waals surface area contributed by atoms with E-state index in [-0.39, 0.29) is 55.0 Å². The summed E-state index contributed by atoms with van der Waals surface area (Å²) in [5, 5.41) is 7.18. The van der Waals surface area contributed by atoms with E-state index in [4.69, 9.17) is 9.47 Å². The lowest BCUT2D eigenvalue weighted by Gasteiger charge is -2.30. The van der Waals surface area contributed by atoms with E-state index in [1.165, 1.54) is 36.5 Å². The number of nitrogens with zero attached hydrogens (tertiary/aromatic N) is 1. The topological polar surface area (TPSA) is 102 Å². The summed E-state index contributed by atoms with van der Waals surface area (Å²) in [5.41, 5.74) is -0.778. The Labute approximate surface area is 263 Å². The molecule has 2 heterocycles. The van der Waals surface area contributed by atoms with Crippen LogP contribution in [0.4, 0.5) is 45.6 Å². The Balaban J connectivity index is 1.38. The van der Waals surface area contributed by atoms with E-state index in [1.807, 2.05) is 0 Å². The van der Waals surface area contributed by atoms with Gasteiger partial charge in [-0.25, -0.2) is 13.6 Å². The number of nitrogens with one attached hydrogen (secondary N) is 3. The number of anilines is 1. The predicted octanol–water partition coefficient (Wildman–Crippen LogP) is 6.12. The van der Waals surface area contributed by atoms with Crippen molar-refractivity contribution in [1.82, 2.24) is 15.6 Å². The van der Waals surface area contributed by atoms with Gasteiger partial charge in [0.2, 0.25) is 5.91 Å². The second kappa shape index (κ2) is 15.5. The van der Waals surface area contributed by atoms with Crippen molar-refractivity contribution in [1.29, 1.82) is 0 Å². The van der Waals surface area contributed by atoms with Gasteiger partial charge in [0.15, 0.2) is 0 Å². The maximum Gasteiger partial charge on any atom is 0.416 e. The lowest BCUT2D eigenvalue weighted by atomic mass is 9.85. The molecule has 16 heteroatoms. The first kappa shape index (κ1) is 35.5. The summed E-state index contributed by atoms with van der Waals surface area (Å²) in [4.78, 5) is 28.5. The number of alkyl carbamates (subject to hydrolysis) is 1. The molecule has 47 heavy (non-hydrogen) atoms. The van der Waals surface area contributed by atoms with Crippen molar-refractivity contribution in [3.05, 3.63) is 94.8 Å². The highest BCUT2D eigenvalue weighted by molar-refractivity contribution is 5.92. The van der Waals surface area contributed by atoms with Crippen LogP contribution in [-0.2, 0) is 26.9 Å². The second-order valence-corrected chi connectivity index (χ2v) is 10.8. The van der Waals surface area contributed by atoms with Crippen LogP contribution >= 0.6 is 0 Å². The summed E-state index contributed by atoms with van der Waals surface area (Å²) in [6.07, 6.45) is -8.98. The van der Waals surface area contributed by atoms with Gasteiger partial charge in [-0.3, -0.25) is 9.78 Å². The third kappa shape index (κ3) is 10.6. The number of rotatable bonds is 11. The largest absolute Gasteiger partial charge is 0.448 e. The number of aromatic nitrogens is 1. The number of ether oxygens (including phenoxy) is 2. The molecule has 1 fully saturated rings. The maximum absolute atomic E-state index is 14.9. The number of halogens is 8. The molecule has 1 saturated heterocycles. The van der Waals surface area contributed by atoms with Crippen LogP contribution in [0.25, 0.3) is 0 Å². The third-order valence-electron chi connectivity index (χ3n) is 7.31. The van der Waals surface area contributed by atoms with Gasteiger partial charge in [0, 0.05) is 24.4 Å². The third-order valence-corrected chi connectivity index (χ3v) is 7.31. The molecular weight excluding hydrogens is 644 g/mol. The molecule has 4 rings (SSSR count). The van der Waals surface area contributed by atoms with Crippen LogP contribution in [0.3, 0.4) is 0 Å². The molecule has 8 nitrogen and oxygen atoms in total. The normalized spacial score (nSPS) is 17.5. The van der Waals surface area contributed by atoms with Gasteiger partial charge in [-0.2, -0.15) is 26.3 Å². The summed E-state index contributed by atoms with van der Waals surface area (Å²) in [6, 6.07) is 9.03. The first-order valence-electron chi connectivity index (χ1n) is 14.4. The van der Waals surface area contributed by atoms with E-state index in [0.717, 1.165) is 24.4 Å². The van der Waals surface area contributed by atoms with E-state index in [2.05, 4.69) is 15.6 Å². The molecule has 254 valence electrons. The Morgan fingerprint density at radius 1 is 1.02 bits per heavy atom. The van der Waals surface area contributed by atoms with Crippen LogP contribution in [0.2, 0.25) is 0 Å². The second-order valence-electron chi connectivity index (χ2n) is 10.8. The zero-order valence-corrected chi connectivity index (χ0v) is 24.6. The highest BCUT2D eigenvalue weighted by Gasteiger charge is 2.36. The number of hydrogen-bond acceptors (Lipinski definition) is 6. The fourth-order valence-corrected chi connectivity index (χ4v) is 5.04. The molecule has 0 aliphatic carbocycles. The van der Waals surface area contributed by atoms with E-state index in [0.29, 0.717) is 0 Å². The average Bonchev–Trinajstić information content (AvgIpc) is 3.01. The minimum Gasteiger partial charge on any atom is -0.448 e. The van der Waals surface area contributed by atoms with Crippen molar-refractivity contribution in [2.75, 3.05) is 31.6 Å². The van der Waals surface area contributed by atoms with Crippen LogP contribution < -0.4 is 16.0 Å². The van der Waals surface area contributed by atoms with Crippen LogP contribution in [0.15, 0.2) is 60.9 Å². The number of alkyl halides is 6. The van der Waals surface area contributed by atoms with Gasteiger partial charge in [0.1, 0.15) is 24.8 Å². The molecule has 0 saturated carbocycles. The zero-order valence-electron chi connectivity index (χ0n) is 24.6. The van der Waals surface area contributed by atoms with Gasteiger partial charge in [0.05, 0.1) is 42.4 Å². The molecule has 1 aromatic heterocycles. The minimum atomic E-state index is -4.72. The molecule has 0 radical (unpaired) electrons. The predicted molar refractivity (Wildman–Crippen MR) is 152 cm³/mol. The van der Waals surface area contributed by atoms with E-state index < -0.39 is 72.6 Å². The Morgan fingerprint density at radius 2 is 1.74 bits per heavy atom. The maximum atomic E-state index is 14.9. The van der Waals surface area contributed by atoms with Crippen LogP contribution in [-0.4, -0.2) is 61.6 Å². The highest BCUT2D eigenvalue weighted by Crippen LogP contribution is 2.39. The van der Waals surface area contributed by atoms with Gasteiger partial charge < -0.3 is 25.4 Å². The number of carbonyl (C=O) groups excluding carboxylic acids is 2. The molecule has 1 aliphatic heterocycles. The van der Waals surface area contributed by atoms with Gasteiger partial charge in [-0.05, 0) is 42.2 Å². The number of carbonyl (C=O) groups is 2. The van der Waals surface area contributed by atoms with Crippen molar-refractivity contribution in [2.45, 2.75) is 49.7 Å². The number of pyridine rings is 1. The summed E-state index contributed by atoms with van der Waals surface area (Å²) in [6.45, 7) is -1.50. The molecule has 0 bridgehead atoms. The zero-order chi connectivity index (χ0) is 34.2. The lowest BCUT2D eigenvalue weighted by Crippen LogP contribution is -2.49. The first-order chi connectivity index (χ1) is 22.2. The molecule has 0 unspecified atom stereocenters. The minimum absolute atomic E-state index is 0.0110. The summed E-state index contributed by atoms with van der Waals surface area (Å²) >= 11 is 0. The van der Waals surface area contributed by atoms with Crippen LogP contribution in [0.5, 0.6) is 0 Å². The van der Waals surface area contributed by atoms with Crippen molar-refractivity contribution >= 4 is 17.7 Å². The van der Waals surface area contributed by atoms with Gasteiger partial charge >= 0.3 is 18.4 Å². The molecule has 2 aromatic carbocycles. The summed E-state index contributed by atoms with van der Waals surface area (Å²) in [7, 11) is 0. The van der Waals surface area contributed by atoms with Crippen LogP contribution in [0.1, 0.15) is 41.0 Å². The van der Waals surface area contributed by atoms with Crippen molar-refractivity contribution in [3.63, 3.8) is 0 Å². The Kier molecular flexibility index (Phi) is 11.7. The quantitative estimate of drug-likeness (QED) is 0.212. The van der Waals surface area contributed by atoms with E-state index in [9.17, 15) is 44.7 Å². The van der Waals surface area contributed by atoms with Crippen molar-refractivity contribution < 1.29 is 54.2 Å². The summed E-state index contributed by atoms with van der Waals surface area (Å²) in [5.74, 6) is -3.19. The Morgan fingerprint density at radius 3 is 2.40 bits per heavy atom. The standard InChI is InChI=1S/C31H30F8N4O4/c32-19-7-5-18(6-8-19)24(22-3-1-2-4-25(22)31(37,38)39)11-28(44)43-27-14-40-13-26(33)23(27)10-9-21-12-41-20(15-46-21)16-47-29(45)42-17-30(34,35)36/h1-8,13-14,20-21,24,41H,9-12,15-17H2,(H,42,45)(H,43,44)/t20-,21+,24-/m0/s1. The molecule has 3 N–H and O–H groups in total. The van der Waals surface area contributed by atoms with Crippen molar-refractivity contribution in [2.24, 2.45) is 0 Å². The fourth-order valence-electron chi connectivity index (χ4n) is 5.04. The van der Waals surface area contributed by atoms with Gasteiger partial charge in [-0.15, -0.1) is 0 Å². The lowest BCUT2D eigenvalue weighted by molar-refractivity contribution is -0.138. The number of benzene rings is 2. The van der Waals surface area contributed by atoms with E-state index in [1.54, 1.807) is 5.32 Å². The molecule has 3 atom stereocenters. The van der Waals surface area contributed by atoms with Crippen molar-refractivity contribution in [3.8, 4) is 0 Å². The summed E-state index contributed by atoms with van der Waals surface area (Å²) < 4.78 is 117. The van der Waals surface area contributed by atoms with E-state index >= 15 is 0 Å². The highest BCUT2D eigenvalue weighted by atomic mass is 19.4. The Bertz CT molecular complexity index is 1510. The number of hydrogen-bond donors (Lipinski definition) is 3. The molecule has 0 spiro atoms. The molecule has 3 aromatic rings. The van der Waals surface area contributed by atoms with Gasteiger partial charge in [-0.1, -0.05) is 30.3 Å². The SMILES string of the molecule is O=C(C[C@@H](c1ccc(F)cc1)c1ccccc1C(F)(F)F)Nc1cncc(F)c1CC[C@@H]1CN[C@H](COC(=O)NCC(F)(F)F)CO1. The molecule has 1 aliphatic rings. The monoisotopic (exact) mass is 674 g/mol. The fraction of sp³-hybridized carbons (Fsp3) is 0.387. The number of amides is 2. The Hall–Kier alpha value is -4.31. The molecule has 2 amide bonds. The molecular formula is C31H30F8N4O4. The average molecular weight is 675 g/mol. The van der Waals surface area contributed by atoms with Gasteiger partial charge in [0.25, 0.3) is 0 Å².